The quantitative estimate of drug-likeness (QED) is 0.673. The molecule has 0 bridgehead atoms. The van der Waals surface area contributed by atoms with Crippen molar-refractivity contribution in [3.05, 3.63) is 36.9 Å². The fourth-order valence-corrected chi connectivity index (χ4v) is 3.82. The third kappa shape index (κ3) is 2.89. The molecule has 0 fully saturated rings. The standard InChI is InChI=1S/C10H12BrN3S2/c1-6-13-5-9(15-6)8(14-12)4-7-2-3-10(11)16-7/h2-3,5,8,14H,4,12H2,1H3. The highest BCUT2D eigenvalue weighted by atomic mass is 79.9. The van der Waals surface area contributed by atoms with E-state index in [4.69, 9.17) is 5.84 Å². The van der Waals surface area contributed by atoms with Crippen molar-refractivity contribution >= 4 is 38.6 Å². The molecule has 86 valence electrons. The molecule has 0 aliphatic rings. The van der Waals surface area contributed by atoms with Gasteiger partial charge in [-0.2, -0.15) is 0 Å². The Morgan fingerprint density at radius 3 is 2.81 bits per heavy atom. The van der Waals surface area contributed by atoms with Crippen molar-refractivity contribution in [1.82, 2.24) is 10.4 Å². The van der Waals surface area contributed by atoms with Crippen LogP contribution in [0.1, 0.15) is 20.8 Å². The highest BCUT2D eigenvalue weighted by molar-refractivity contribution is 9.11. The summed E-state index contributed by atoms with van der Waals surface area (Å²) in [6, 6.07) is 4.33. The Hall–Kier alpha value is -0.270. The topological polar surface area (TPSA) is 50.9 Å². The van der Waals surface area contributed by atoms with E-state index in [1.165, 1.54) is 9.75 Å². The Balaban J connectivity index is 2.12. The lowest BCUT2D eigenvalue weighted by Gasteiger charge is -2.11. The molecule has 0 aliphatic heterocycles. The molecule has 2 aromatic rings. The molecule has 6 heteroatoms. The van der Waals surface area contributed by atoms with Gasteiger partial charge >= 0.3 is 0 Å². The van der Waals surface area contributed by atoms with Crippen molar-refractivity contribution in [3.8, 4) is 0 Å². The van der Waals surface area contributed by atoms with Crippen molar-refractivity contribution in [1.29, 1.82) is 0 Å². The molecule has 2 heterocycles. The number of hydrazine groups is 1. The number of nitrogens with two attached hydrogens (primary N) is 1. The van der Waals surface area contributed by atoms with Gasteiger partial charge in [-0.05, 0) is 35.0 Å². The number of thiophene rings is 1. The summed E-state index contributed by atoms with van der Waals surface area (Å²) < 4.78 is 1.15. The zero-order valence-corrected chi connectivity index (χ0v) is 12.0. The summed E-state index contributed by atoms with van der Waals surface area (Å²) in [7, 11) is 0. The van der Waals surface area contributed by atoms with Crippen LogP contribution < -0.4 is 11.3 Å². The first-order chi connectivity index (χ1) is 7.69. The molecular weight excluding hydrogens is 306 g/mol. The monoisotopic (exact) mass is 317 g/mol. The van der Waals surface area contributed by atoms with E-state index in [-0.39, 0.29) is 6.04 Å². The van der Waals surface area contributed by atoms with Gasteiger partial charge < -0.3 is 0 Å². The van der Waals surface area contributed by atoms with Gasteiger partial charge in [0.05, 0.1) is 14.8 Å². The van der Waals surface area contributed by atoms with Gasteiger partial charge in [0.25, 0.3) is 0 Å². The molecule has 0 spiro atoms. The van der Waals surface area contributed by atoms with Gasteiger partial charge in [-0.1, -0.05) is 0 Å². The summed E-state index contributed by atoms with van der Waals surface area (Å²) in [5.41, 5.74) is 2.85. The van der Waals surface area contributed by atoms with E-state index in [1.807, 2.05) is 13.1 Å². The van der Waals surface area contributed by atoms with Crippen molar-refractivity contribution in [2.75, 3.05) is 0 Å². The van der Waals surface area contributed by atoms with Crippen LogP contribution in [0.5, 0.6) is 0 Å². The lowest BCUT2D eigenvalue weighted by atomic mass is 10.2. The van der Waals surface area contributed by atoms with E-state index in [1.54, 1.807) is 22.7 Å². The van der Waals surface area contributed by atoms with Crippen LogP contribution in [-0.2, 0) is 6.42 Å². The Kier molecular flexibility index (Phi) is 4.10. The Labute approximate surface area is 111 Å². The molecular formula is C10H12BrN3S2. The highest BCUT2D eigenvalue weighted by Gasteiger charge is 2.14. The number of aromatic nitrogens is 1. The smallest absolute Gasteiger partial charge is 0.0897 e. The second-order valence-corrected chi connectivity index (χ2v) is 7.22. The van der Waals surface area contributed by atoms with Crippen molar-refractivity contribution in [3.63, 3.8) is 0 Å². The molecule has 2 rings (SSSR count). The lowest BCUT2D eigenvalue weighted by molar-refractivity contribution is 0.563. The number of nitrogens with one attached hydrogen (secondary N) is 1. The predicted octanol–water partition coefficient (Wildman–Crippen LogP) is 3.02. The molecule has 1 unspecified atom stereocenters. The first-order valence-corrected chi connectivity index (χ1v) is 7.24. The van der Waals surface area contributed by atoms with Crippen molar-refractivity contribution < 1.29 is 0 Å². The molecule has 0 aromatic carbocycles. The average molecular weight is 318 g/mol. The third-order valence-corrected chi connectivity index (χ3v) is 4.89. The number of hydrogen-bond donors (Lipinski definition) is 2. The summed E-state index contributed by atoms with van der Waals surface area (Å²) in [5, 5.41) is 1.07. The van der Waals surface area contributed by atoms with Gasteiger partial charge in [-0.3, -0.25) is 11.3 Å². The summed E-state index contributed by atoms with van der Waals surface area (Å²) in [4.78, 5) is 6.74. The van der Waals surface area contributed by atoms with Crippen LogP contribution in [0.15, 0.2) is 22.1 Å². The SMILES string of the molecule is Cc1ncc(C(Cc2ccc(Br)s2)NN)s1. The number of hydrogen-bond acceptors (Lipinski definition) is 5. The molecule has 0 amide bonds. The summed E-state index contributed by atoms with van der Waals surface area (Å²) in [5.74, 6) is 5.59. The van der Waals surface area contributed by atoms with Crippen LogP contribution >= 0.6 is 38.6 Å². The number of rotatable bonds is 4. The third-order valence-electron chi connectivity index (χ3n) is 2.22. The van der Waals surface area contributed by atoms with Crippen LogP contribution in [0.25, 0.3) is 0 Å². The molecule has 1 atom stereocenters. The van der Waals surface area contributed by atoms with Gasteiger partial charge in [-0.25, -0.2) is 4.98 Å². The second kappa shape index (κ2) is 5.37. The molecule has 16 heavy (non-hydrogen) atoms. The van der Waals surface area contributed by atoms with E-state index in [0.717, 1.165) is 15.2 Å². The minimum absolute atomic E-state index is 0.150. The van der Waals surface area contributed by atoms with Gasteiger partial charge in [0.1, 0.15) is 0 Å². The van der Waals surface area contributed by atoms with Crippen LogP contribution in [0, 0.1) is 6.92 Å². The normalized spacial score (nSPS) is 12.9. The molecule has 0 aliphatic carbocycles. The molecule has 3 nitrogen and oxygen atoms in total. The number of nitrogens with zero attached hydrogens (tertiary/aromatic N) is 1. The van der Waals surface area contributed by atoms with E-state index in [0.29, 0.717) is 0 Å². The van der Waals surface area contributed by atoms with Gasteiger partial charge in [-0.15, -0.1) is 22.7 Å². The fraction of sp³-hybridized carbons (Fsp3) is 0.300. The summed E-state index contributed by atoms with van der Waals surface area (Å²) >= 11 is 6.89. The zero-order valence-electron chi connectivity index (χ0n) is 8.74. The first-order valence-electron chi connectivity index (χ1n) is 4.81. The number of thiazole rings is 1. The van der Waals surface area contributed by atoms with Crippen LogP contribution in [0.4, 0.5) is 0 Å². The van der Waals surface area contributed by atoms with E-state index in [2.05, 4.69) is 38.5 Å². The average Bonchev–Trinajstić information content (AvgIpc) is 2.84. The first kappa shape index (κ1) is 12.2. The van der Waals surface area contributed by atoms with E-state index < -0.39 is 0 Å². The summed E-state index contributed by atoms with van der Waals surface area (Å²) in [6.07, 6.45) is 2.79. The van der Waals surface area contributed by atoms with Gasteiger partial charge in [0.2, 0.25) is 0 Å². The summed E-state index contributed by atoms with van der Waals surface area (Å²) in [6.45, 7) is 2.00. The van der Waals surface area contributed by atoms with E-state index in [9.17, 15) is 0 Å². The van der Waals surface area contributed by atoms with Gasteiger partial charge in [0, 0.05) is 22.4 Å². The zero-order chi connectivity index (χ0) is 11.5. The Morgan fingerprint density at radius 1 is 1.50 bits per heavy atom. The van der Waals surface area contributed by atoms with Crippen LogP contribution in [0.3, 0.4) is 0 Å². The number of halogens is 1. The maximum Gasteiger partial charge on any atom is 0.0897 e. The maximum absolute atomic E-state index is 5.59. The minimum atomic E-state index is 0.150. The maximum atomic E-state index is 5.59. The van der Waals surface area contributed by atoms with Crippen LogP contribution in [-0.4, -0.2) is 4.98 Å². The minimum Gasteiger partial charge on any atom is -0.271 e. The second-order valence-electron chi connectivity index (χ2n) is 3.41. The molecule has 0 radical (unpaired) electrons. The van der Waals surface area contributed by atoms with Crippen molar-refractivity contribution in [2.45, 2.75) is 19.4 Å². The molecule has 3 N–H and O–H groups in total. The Morgan fingerprint density at radius 2 is 2.31 bits per heavy atom. The molecule has 0 saturated heterocycles. The molecule has 2 aromatic heterocycles. The Bertz CT molecular complexity index is 466. The van der Waals surface area contributed by atoms with Gasteiger partial charge in [0.15, 0.2) is 0 Å². The molecule has 0 saturated carbocycles. The number of aryl methyl sites for hydroxylation is 1. The van der Waals surface area contributed by atoms with Crippen molar-refractivity contribution in [2.24, 2.45) is 5.84 Å². The highest BCUT2D eigenvalue weighted by Crippen LogP contribution is 2.28. The fourth-order valence-electron chi connectivity index (χ4n) is 1.44. The van der Waals surface area contributed by atoms with E-state index >= 15 is 0 Å². The predicted molar refractivity (Wildman–Crippen MR) is 72.6 cm³/mol. The lowest BCUT2D eigenvalue weighted by Crippen LogP contribution is -2.28. The van der Waals surface area contributed by atoms with Crippen LogP contribution in [0.2, 0.25) is 0 Å². The largest absolute Gasteiger partial charge is 0.271 e.